The lowest BCUT2D eigenvalue weighted by Crippen LogP contribution is -2.16. The van der Waals surface area contributed by atoms with E-state index in [0.29, 0.717) is 5.92 Å². The van der Waals surface area contributed by atoms with Gasteiger partial charge in [0.05, 0.1) is 5.52 Å². The van der Waals surface area contributed by atoms with Crippen molar-refractivity contribution < 1.29 is 4.57 Å². The smallest absolute Gasteiger partial charge is 0.116 e. The molecule has 1 aromatic heterocycles. The summed E-state index contributed by atoms with van der Waals surface area (Å²) >= 11 is 0. The molecule has 0 atom stereocenters. The highest BCUT2D eigenvalue weighted by atomic mass is 31.2. The predicted octanol–water partition coefficient (Wildman–Crippen LogP) is 4.70. The molecule has 1 aliphatic heterocycles. The molecule has 1 aromatic carbocycles. The van der Waals surface area contributed by atoms with Gasteiger partial charge in [0.25, 0.3) is 0 Å². The number of hydrogen-bond donors (Lipinski definition) is 0. The van der Waals surface area contributed by atoms with Gasteiger partial charge in [-0.15, -0.1) is 0 Å². The molecule has 0 amide bonds. The maximum Gasteiger partial charge on any atom is 0.116 e. The van der Waals surface area contributed by atoms with Gasteiger partial charge in [0.15, 0.2) is 0 Å². The molecule has 0 aliphatic carbocycles. The molecular formula is C18H24NOP. The van der Waals surface area contributed by atoms with Crippen molar-refractivity contribution in [3.63, 3.8) is 0 Å². The van der Waals surface area contributed by atoms with Gasteiger partial charge in [-0.25, -0.2) is 0 Å². The lowest BCUT2D eigenvalue weighted by Gasteiger charge is -2.21. The van der Waals surface area contributed by atoms with Crippen LogP contribution in [-0.4, -0.2) is 17.3 Å². The molecule has 3 heteroatoms. The molecule has 1 fully saturated rings. The molecule has 0 unspecified atom stereocenters. The minimum absolute atomic E-state index is 0.404. The first-order chi connectivity index (χ1) is 10.0. The lowest BCUT2D eigenvalue weighted by atomic mass is 10.0. The average molecular weight is 301 g/mol. The zero-order valence-corrected chi connectivity index (χ0v) is 14.1. The maximum absolute atomic E-state index is 13.5. The number of hydrogen-bond acceptors (Lipinski definition) is 2. The van der Waals surface area contributed by atoms with E-state index >= 15 is 0 Å². The molecular weight excluding hydrogens is 277 g/mol. The van der Waals surface area contributed by atoms with Crippen LogP contribution >= 0.6 is 7.14 Å². The number of pyridine rings is 1. The van der Waals surface area contributed by atoms with Gasteiger partial charge in [-0.2, -0.15) is 0 Å². The molecule has 0 N–H and O–H groups in total. The van der Waals surface area contributed by atoms with E-state index in [9.17, 15) is 4.57 Å². The molecule has 1 saturated heterocycles. The second kappa shape index (κ2) is 5.57. The maximum atomic E-state index is 13.5. The number of rotatable bonds is 3. The number of fused-ring (bicyclic) bond motifs is 1. The van der Waals surface area contributed by atoms with Crippen LogP contribution in [0, 0.1) is 0 Å². The van der Waals surface area contributed by atoms with Crippen LogP contribution in [0.25, 0.3) is 10.9 Å². The summed E-state index contributed by atoms with van der Waals surface area (Å²) in [4.78, 5) is 4.74. The SMILES string of the molecule is CCc1ccc2c(P3(=O)CCCC3)c(C(C)C)ccc2n1. The summed E-state index contributed by atoms with van der Waals surface area (Å²) in [7, 11) is -2.22. The van der Waals surface area contributed by atoms with E-state index in [4.69, 9.17) is 4.98 Å². The van der Waals surface area contributed by atoms with Crippen molar-refractivity contribution in [2.75, 3.05) is 12.3 Å². The van der Waals surface area contributed by atoms with E-state index in [-0.39, 0.29) is 0 Å². The van der Waals surface area contributed by atoms with Crippen LogP contribution in [-0.2, 0) is 11.0 Å². The van der Waals surface area contributed by atoms with Crippen LogP contribution in [0.4, 0.5) is 0 Å². The molecule has 0 radical (unpaired) electrons. The normalized spacial score (nSPS) is 17.7. The molecule has 21 heavy (non-hydrogen) atoms. The van der Waals surface area contributed by atoms with Crippen LogP contribution in [0.2, 0.25) is 0 Å². The first kappa shape index (κ1) is 14.8. The van der Waals surface area contributed by atoms with Crippen molar-refractivity contribution in [3.05, 3.63) is 35.5 Å². The number of aromatic nitrogens is 1. The summed E-state index contributed by atoms with van der Waals surface area (Å²) in [5.74, 6) is 0.404. The summed E-state index contributed by atoms with van der Waals surface area (Å²) in [5, 5.41) is 2.27. The first-order valence-electron chi connectivity index (χ1n) is 8.06. The fraction of sp³-hybridized carbons (Fsp3) is 0.500. The van der Waals surface area contributed by atoms with E-state index in [2.05, 4.69) is 45.0 Å². The fourth-order valence-corrected chi connectivity index (χ4v) is 7.01. The summed E-state index contributed by atoms with van der Waals surface area (Å²) in [5.41, 5.74) is 3.38. The summed E-state index contributed by atoms with van der Waals surface area (Å²) in [6.45, 7) is 6.51. The third kappa shape index (κ3) is 2.55. The third-order valence-electron chi connectivity index (χ3n) is 4.61. The van der Waals surface area contributed by atoms with E-state index in [1.165, 1.54) is 5.56 Å². The zero-order valence-electron chi connectivity index (χ0n) is 13.2. The largest absolute Gasteiger partial charge is 0.319 e. The molecule has 3 rings (SSSR count). The average Bonchev–Trinajstić information content (AvgIpc) is 2.92. The highest BCUT2D eigenvalue weighted by molar-refractivity contribution is 7.72. The zero-order chi connectivity index (χ0) is 15.0. The molecule has 2 nitrogen and oxygen atoms in total. The molecule has 112 valence electrons. The molecule has 0 spiro atoms. The quantitative estimate of drug-likeness (QED) is 0.769. The van der Waals surface area contributed by atoms with Crippen molar-refractivity contribution in [1.29, 1.82) is 0 Å². The summed E-state index contributed by atoms with van der Waals surface area (Å²) < 4.78 is 13.5. The van der Waals surface area contributed by atoms with Gasteiger partial charge in [-0.1, -0.05) is 32.9 Å². The number of nitrogens with zero attached hydrogens (tertiary/aromatic N) is 1. The Labute approximate surface area is 127 Å². The molecule has 0 bridgehead atoms. The van der Waals surface area contributed by atoms with Crippen molar-refractivity contribution in [2.45, 2.75) is 46.0 Å². The molecule has 1 aliphatic rings. The van der Waals surface area contributed by atoms with Crippen molar-refractivity contribution in [2.24, 2.45) is 0 Å². The van der Waals surface area contributed by atoms with Gasteiger partial charge in [0, 0.05) is 28.7 Å². The van der Waals surface area contributed by atoms with Crippen LogP contribution in [0.15, 0.2) is 24.3 Å². The Morgan fingerprint density at radius 3 is 2.48 bits per heavy atom. The highest BCUT2D eigenvalue weighted by Crippen LogP contribution is 2.53. The van der Waals surface area contributed by atoms with E-state index in [0.717, 1.165) is 53.5 Å². The lowest BCUT2D eigenvalue weighted by molar-refractivity contribution is 0.584. The van der Waals surface area contributed by atoms with E-state index in [1.807, 2.05) is 0 Å². The molecule has 0 saturated carbocycles. The minimum atomic E-state index is -2.22. The predicted molar refractivity (Wildman–Crippen MR) is 91.4 cm³/mol. The van der Waals surface area contributed by atoms with Gasteiger partial charge >= 0.3 is 0 Å². The minimum Gasteiger partial charge on any atom is -0.319 e. The van der Waals surface area contributed by atoms with Crippen LogP contribution in [0.5, 0.6) is 0 Å². The molecule has 2 heterocycles. The standard InChI is InChI=1S/C18H24NOP/c1-4-14-7-8-16-17(19-14)10-9-15(13(2)3)18(16)21(20)11-5-6-12-21/h7-10,13H,4-6,11-12H2,1-3H3. The highest BCUT2D eigenvalue weighted by Gasteiger charge is 2.33. The Bertz CT molecular complexity index is 710. The van der Waals surface area contributed by atoms with Gasteiger partial charge < -0.3 is 4.57 Å². The summed E-state index contributed by atoms with van der Waals surface area (Å²) in [6.07, 6.45) is 4.90. The second-order valence-corrected chi connectivity index (χ2v) is 9.54. The van der Waals surface area contributed by atoms with Gasteiger partial charge in [0.1, 0.15) is 7.14 Å². The van der Waals surface area contributed by atoms with Crippen molar-refractivity contribution in [1.82, 2.24) is 4.98 Å². The van der Waals surface area contributed by atoms with E-state index in [1.54, 1.807) is 0 Å². The number of aryl methyl sites for hydroxylation is 1. The van der Waals surface area contributed by atoms with E-state index < -0.39 is 7.14 Å². The third-order valence-corrected chi connectivity index (χ3v) is 8.00. The Balaban J connectivity index is 2.31. The van der Waals surface area contributed by atoms with Gasteiger partial charge in [-0.3, -0.25) is 4.98 Å². The topological polar surface area (TPSA) is 30.0 Å². The Morgan fingerprint density at radius 2 is 1.86 bits per heavy atom. The monoisotopic (exact) mass is 301 g/mol. The van der Waals surface area contributed by atoms with Crippen LogP contribution in [0.3, 0.4) is 0 Å². The van der Waals surface area contributed by atoms with Crippen LogP contribution < -0.4 is 5.30 Å². The van der Waals surface area contributed by atoms with Crippen LogP contribution in [0.1, 0.15) is 50.8 Å². The number of benzene rings is 1. The van der Waals surface area contributed by atoms with Gasteiger partial charge in [-0.05, 0) is 42.9 Å². The fourth-order valence-electron chi connectivity index (χ4n) is 3.43. The first-order valence-corrected chi connectivity index (χ1v) is 10.1. The molecule has 2 aromatic rings. The summed E-state index contributed by atoms with van der Waals surface area (Å²) in [6, 6.07) is 8.51. The Morgan fingerprint density at radius 1 is 1.14 bits per heavy atom. The Hall–Kier alpha value is -1.14. The van der Waals surface area contributed by atoms with Crippen molar-refractivity contribution >= 4 is 23.3 Å². The van der Waals surface area contributed by atoms with Crippen molar-refractivity contribution in [3.8, 4) is 0 Å². The second-order valence-electron chi connectivity index (χ2n) is 6.42. The Kier molecular flexibility index (Phi) is 3.92. The van der Waals surface area contributed by atoms with Gasteiger partial charge in [0.2, 0.25) is 0 Å².